The Labute approximate surface area is 256 Å². The SMILES string of the molecule is CCCCCCCC(=O)SCC/C=C/C1CC(=O)NCc2nc(cs2)C2=NC(C)(CS2)C(=O)N[C@@H](C(C)C)C(=O)N1. The van der Waals surface area contributed by atoms with Crippen molar-refractivity contribution in [3.8, 4) is 0 Å². The summed E-state index contributed by atoms with van der Waals surface area (Å²) in [6.45, 7) is 7.96. The molecule has 0 fully saturated rings. The number of carbonyl (C=O) groups is 4. The fourth-order valence-corrected chi connectivity index (χ4v) is 7.09. The van der Waals surface area contributed by atoms with E-state index in [0.717, 1.165) is 17.8 Å². The molecule has 1 aromatic rings. The van der Waals surface area contributed by atoms with E-state index in [1.165, 1.54) is 54.1 Å². The van der Waals surface area contributed by atoms with Crippen LogP contribution in [0.4, 0.5) is 0 Å². The molecule has 9 nitrogen and oxygen atoms in total. The number of thioether (sulfide) groups is 2. The first-order valence-electron chi connectivity index (χ1n) is 14.5. The lowest BCUT2D eigenvalue weighted by atomic mass is 9.99. The average Bonchev–Trinajstić information content (AvgIpc) is 3.56. The minimum atomic E-state index is -1.01. The van der Waals surface area contributed by atoms with Crippen LogP contribution in [0.1, 0.15) is 89.8 Å². The van der Waals surface area contributed by atoms with Crippen molar-refractivity contribution in [1.82, 2.24) is 20.9 Å². The minimum Gasteiger partial charge on any atom is -0.350 e. The lowest BCUT2D eigenvalue weighted by Crippen LogP contribution is -2.56. The Morgan fingerprint density at radius 1 is 1.20 bits per heavy atom. The number of aromatic nitrogens is 1. The molecular formula is C29H43N5O4S3. The van der Waals surface area contributed by atoms with Crippen LogP contribution in [0, 0.1) is 5.92 Å². The van der Waals surface area contributed by atoms with E-state index in [1.54, 1.807) is 6.92 Å². The lowest BCUT2D eigenvalue weighted by molar-refractivity contribution is -0.132. The van der Waals surface area contributed by atoms with Crippen LogP contribution in [0.3, 0.4) is 0 Å². The normalized spacial score (nSPS) is 23.8. The van der Waals surface area contributed by atoms with Gasteiger partial charge in [0.1, 0.15) is 27.3 Å². The third-order valence-electron chi connectivity index (χ3n) is 6.90. The van der Waals surface area contributed by atoms with Gasteiger partial charge < -0.3 is 16.0 Å². The van der Waals surface area contributed by atoms with Crippen molar-refractivity contribution in [2.75, 3.05) is 11.5 Å². The summed E-state index contributed by atoms with van der Waals surface area (Å²) in [5.74, 6) is 0.0389. The second-order valence-corrected chi connectivity index (χ2v) is 14.1. The Hall–Kier alpha value is -2.18. The number of hydrogen-bond donors (Lipinski definition) is 3. The summed E-state index contributed by atoms with van der Waals surface area (Å²) in [4.78, 5) is 61.0. The van der Waals surface area contributed by atoms with Gasteiger partial charge in [0.25, 0.3) is 0 Å². The molecule has 4 bridgehead atoms. The summed E-state index contributed by atoms with van der Waals surface area (Å²) >= 11 is 4.23. The van der Waals surface area contributed by atoms with E-state index in [-0.39, 0.29) is 41.7 Å². The zero-order valence-electron chi connectivity index (χ0n) is 24.5. The van der Waals surface area contributed by atoms with Crippen LogP contribution in [0.5, 0.6) is 0 Å². The number of nitrogens with zero attached hydrogens (tertiary/aromatic N) is 2. The first-order chi connectivity index (χ1) is 19.6. The molecule has 0 saturated carbocycles. The molecule has 226 valence electrons. The monoisotopic (exact) mass is 621 g/mol. The number of rotatable bonds is 11. The molecule has 2 unspecified atom stereocenters. The van der Waals surface area contributed by atoms with Gasteiger partial charge in [-0.25, -0.2) is 4.98 Å². The molecule has 3 rings (SSSR count). The maximum Gasteiger partial charge on any atom is 0.249 e. The largest absolute Gasteiger partial charge is 0.350 e. The molecule has 0 aliphatic carbocycles. The first-order valence-corrected chi connectivity index (χ1v) is 17.3. The average molecular weight is 622 g/mol. The van der Waals surface area contributed by atoms with Crippen molar-refractivity contribution in [3.05, 3.63) is 28.2 Å². The molecule has 3 atom stereocenters. The Bertz CT molecular complexity index is 1140. The van der Waals surface area contributed by atoms with E-state index in [9.17, 15) is 19.2 Å². The van der Waals surface area contributed by atoms with Gasteiger partial charge in [0, 0.05) is 23.3 Å². The van der Waals surface area contributed by atoms with Gasteiger partial charge in [-0.2, -0.15) is 0 Å². The summed E-state index contributed by atoms with van der Waals surface area (Å²) in [5, 5.41) is 12.3. The van der Waals surface area contributed by atoms with E-state index in [1.807, 2.05) is 31.4 Å². The van der Waals surface area contributed by atoms with Crippen molar-refractivity contribution >= 4 is 62.7 Å². The Kier molecular flexibility index (Phi) is 13.4. The molecule has 0 radical (unpaired) electrons. The van der Waals surface area contributed by atoms with Gasteiger partial charge in [-0.1, -0.05) is 70.4 Å². The number of amides is 3. The molecule has 41 heavy (non-hydrogen) atoms. The number of fused-ring (bicyclic) bond motifs is 4. The van der Waals surface area contributed by atoms with Gasteiger partial charge in [0.2, 0.25) is 17.7 Å². The highest BCUT2D eigenvalue weighted by molar-refractivity contribution is 8.14. The van der Waals surface area contributed by atoms with E-state index in [4.69, 9.17) is 0 Å². The Morgan fingerprint density at radius 2 is 1.98 bits per heavy atom. The predicted molar refractivity (Wildman–Crippen MR) is 169 cm³/mol. The smallest absolute Gasteiger partial charge is 0.249 e. The number of thiazole rings is 1. The maximum absolute atomic E-state index is 13.4. The lowest BCUT2D eigenvalue weighted by Gasteiger charge is -2.27. The number of nitrogens with one attached hydrogen (secondary N) is 3. The van der Waals surface area contributed by atoms with Gasteiger partial charge in [0.15, 0.2) is 5.12 Å². The molecule has 3 heterocycles. The third kappa shape index (κ3) is 10.6. The molecule has 2 aliphatic heterocycles. The third-order valence-corrected chi connectivity index (χ3v) is 10.00. The van der Waals surface area contributed by atoms with Gasteiger partial charge in [-0.15, -0.1) is 23.1 Å². The topological polar surface area (TPSA) is 130 Å². The first kappa shape index (κ1) is 33.3. The highest BCUT2D eigenvalue weighted by Crippen LogP contribution is 2.32. The quantitative estimate of drug-likeness (QED) is 0.243. The van der Waals surface area contributed by atoms with E-state index >= 15 is 0 Å². The zero-order valence-corrected chi connectivity index (χ0v) is 26.9. The second kappa shape index (κ2) is 16.5. The molecule has 3 N–H and O–H groups in total. The van der Waals surface area contributed by atoms with E-state index < -0.39 is 17.6 Å². The van der Waals surface area contributed by atoms with Gasteiger partial charge >= 0.3 is 0 Å². The van der Waals surface area contributed by atoms with E-state index in [2.05, 4.69) is 32.9 Å². The van der Waals surface area contributed by atoms with Crippen LogP contribution in [0.25, 0.3) is 0 Å². The van der Waals surface area contributed by atoms with Crippen LogP contribution in [-0.2, 0) is 25.7 Å². The highest BCUT2D eigenvalue weighted by Gasteiger charge is 2.41. The standard InChI is InChI=1S/C29H43N5O4S3/c1-5-6-7-8-9-13-24(36)39-14-11-10-12-20-15-22(35)30-16-23-32-21(17-40-23)27-34-29(4,18-41-27)28(38)33-25(19(2)3)26(37)31-20/h10,12,17,19-20,25H,5-9,11,13-16,18H2,1-4H3,(H,30,35)(H,31,37)(H,33,38)/b12-10+/t20?,25-,29?/m0/s1. The van der Waals surface area contributed by atoms with Crippen LogP contribution < -0.4 is 16.0 Å². The van der Waals surface area contributed by atoms with Crippen LogP contribution in [0.15, 0.2) is 22.5 Å². The molecule has 0 saturated heterocycles. The number of hydrogen-bond acceptors (Lipinski definition) is 9. The molecule has 0 aromatic carbocycles. The van der Waals surface area contributed by atoms with E-state index in [0.29, 0.717) is 35.1 Å². The van der Waals surface area contributed by atoms with Crippen LogP contribution >= 0.6 is 34.9 Å². The number of aliphatic imine (C=N–C) groups is 1. The molecular weight excluding hydrogens is 579 g/mol. The summed E-state index contributed by atoms with van der Waals surface area (Å²) in [6.07, 6.45) is 10.6. The number of unbranched alkanes of at least 4 members (excludes halogenated alkanes) is 4. The minimum absolute atomic E-state index is 0.0450. The van der Waals surface area contributed by atoms with Crippen LogP contribution in [0.2, 0.25) is 0 Å². The molecule has 3 amide bonds. The van der Waals surface area contributed by atoms with Gasteiger partial charge in [-0.05, 0) is 25.7 Å². The molecule has 12 heteroatoms. The van der Waals surface area contributed by atoms with Crippen molar-refractivity contribution < 1.29 is 19.2 Å². The summed E-state index contributed by atoms with van der Waals surface area (Å²) in [5.41, 5.74) is -0.313. The predicted octanol–water partition coefficient (Wildman–Crippen LogP) is 4.61. The van der Waals surface area contributed by atoms with Crippen molar-refractivity contribution in [3.63, 3.8) is 0 Å². The summed E-state index contributed by atoms with van der Waals surface area (Å²) in [6, 6.07) is -1.35. The van der Waals surface area contributed by atoms with Crippen molar-refractivity contribution in [1.29, 1.82) is 0 Å². The Balaban J connectivity index is 1.66. The van der Waals surface area contributed by atoms with Crippen molar-refractivity contribution in [2.45, 2.75) is 103 Å². The van der Waals surface area contributed by atoms with Crippen molar-refractivity contribution in [2.24, 2.45) is 10.9 Å². The summed E-state index contributed by atoms with van der Waals surface area (Å²) < 4.78 is 0. The Morgan fingerprint density at radius 3 is 2.73 bits per heavy atom. The maximum atomic E-state index is 13.4. The summed E-state index contributed by atoms with van der Waals surface area (Å²) in [7, 11) is 0. The van der Waals surface area contributed by atoms with Gasteiger partial charge in [0.05, 0.1) is 19.0 Å². The van der Waals surface area contributed by atoms with Crippen LogP contribution in [-0.4, -0.2) is 62.0 Å². The molecule has 1 aromatic heterocycles. The fourth-order valence-electron chi connectivity index (χ4n) is 4.40. The highest BCUT2D eigenvalue weighted by atomic mass is 32.2. The fraction of sp³-hybridized carbons (Fsp3) is 0.655. The molecule has 2 aliphatic rings. The number of carbonyl (C=O) groups excluding carboxylic acids is 4. The molecule has 0 spiro atoms. The second-order valence-electron chi connectivity index (χ2n) is 11.0. The zero-order chi connectivity index (χ0) is 29.8. The van der Waals surface area contributed by atoms with Gasteiger partial charge in [-0.3, -0.25) is 24.2 Å². The number of allylic oxidation sites excluding steroid dienone is 1.